The number of nitrogens with zero attached hydrogens (tertiary/aromatic N) is 2. The van der Waals surface area contributed by atoms with E-state index in [1.54, 1.807) is 28.9 Å². The molecule has 24 heavy (non-hydrogen) atoms. The maximum atomic E-state index is 12.6. The molecule has 9 heteroatoms. The van der Waals surface area contributed by atoms with Crippen molar-refractivity contribution in [3.8, 4) is 0 Å². The van der Waals surface area contributed by atoms with Gasteiger partial charge in [-0.1, -0.05) is 0 Å². The summed E-state index contributed by atoms with van der Waals surface area (Å²) in [6.07, 6.45) is -0.363. The molecule has 2 atom stereocenters. The van der Waals surface area contributed by atoms with Gasteiger partial charge in [0.1, 0.15) is 0 Å². The highest BCUT2D eigenvalue weighted by Gasteiger charge is 2.30. The van der Waals surface area contributed by atoms with Gasteiger partial charge in [0.2, 0.25) is 0 Å². The predicted octanol–water partition coefficient (Wildman–Crippen LogP) is 1.20. The molecule has 2 amide bonds. The number of carbonyl (C=O) groups excluding carboxylic acids is 2. The molecule has 2 rings (SSSR count). The van der Waals surface area contributed by atoms with Gasteiger partial charge in [0.05, 0.1) is 6.61 Å². The van der Waals surface area contributed by atoms with Crippen LogP contribution in [0.5, 0.6) is 0 Å². The van der Waals surface area contributed by atoms with E-state index in [0.717, 1.165) is 0 Å². The van der Waals surface area contributed by atoms with Gasteiger partial charge in [-0.15, -0.1) is 0 Å². The molecule has 2 unspecified atom stereocenters. The van der Waals surface area contributed by atoms with E-state index in [2.05, 4.69) is 4.72 Å². The van der Waals surface area contributed by atoms with Gasteiger partial charge in [-0.3, -0.25) is 9.00 Å². The van der Waals surface area contributed by atoms with Gasteiger partial charge in [0, 0.05) is 48.2 Å². The third-order valence-electron chi connectivity index (χ3n) is 3.75. The van der Waals surface area contributed by atoms with Crippen LogP contribution in [-0.4, -0.2) is 62.8 Å². The molecule has 1 aliphatic rings. The Balaban J connectivity index is 2.00. The molecule has 1 aromatic rings. The van der Waals surface area contributed by atoms with Crippen LogP contribution in [-0.2, 0) is 16.0 Å². The van der Waals surface area contributed by atoms with E-state index in [-0.39, 0.29) is 18.0 Å². The summed E-state index contributed by atoms with van der Waals surface area (Å²) < 4.78 is 28.4. The minimum Gasteiger partial charge on any atom is -0.755 e. The number of amides is 2. The second kappa shape index (κ2) is 8.11. The summed E-state index contributed by atoms with van der Waals surface area (Å²) >= 11 is -2.40. The van der Waals surface area contributed by atoms with Crippen LogP contribution in [0.15, 0.2) is 24.3 Å². The van der Waals surface area contributed by atoms with Crippen LogP contribution in [0.4, 0.5) is 10.5 Å². The van der Waals surface area contributed by atoms with Crippen molar-refractivity contribution in [2.24, 2.45) is 0 Å². The molecule has 132 valence electrons. The van der Waals surface area contributed by atoms with Crippen LogP contribution in [0.25, 0.3) is 0 Å². The zero-order valence-electron chi connectivity index (χ0n) is 13.6. The molecule has 0 aromatic heterocycles. The molecule has 1 heterocycles. The molecular weight excluding hydrogens is 334 g/mol. The highest BCUT2D eigenvalue weighted by molar-refractivity contribution is 7.80. The first-order valence-electron chi connectivity index (χ1n) is 7.61. The lowest BCUT2D eigenvalue weighted by Crippen LogP contribution is -2.55. The van der Waals surface area contributed by atoms with Crippen molar-refractivity contribution in [1.82, 2.24) is 9.80 Å². The van der Waals surface area contributed by atoms with Gasteiger partial charge in [-0.2, -0.15) is 0 Å². The van der Waals surface area contributed by atoms with Crippen molar-refractivity contribution in [3.63, 3.8) is 0 Å². The van der Waals surface area contributed by atoms with Crippen LogP contribution in [0, 0.1) is 0 Å². The number of nitrogens with one attached hydrogen (secondary N) is 1. The van der Waals surface area contributed by atoms with Crippen molar-refractivity contribution in [3.05, 3.63) is 29.8 Å². The molecule has 0 radical (unpaired) electrons. The zero-order chi connectivity index (χ0) is 17.7. The summed E-state index contributed by atoms with van der Waals surface area (Å²) in [5.41, 5.74) is 0.855. The van der Waals surface area contributed by atoms with Gasteiger partial charge in [0.25, 0.3) is 5.91 Å². The fourth-order valence-electron chi connectivity index (χ4n) is 2.58. The van der Waals surface area contributed by atoms with E-state index in [0.29, 0.717) is 37.5 Å². The van der Waals surface area contributed by atoms with Gasteiger partial charge in [0.15, 0.2) is 0 Å². The monoisotopic (exact) mass is 354 g/mol. The van der Waals surface area contributed by atoms with Crippen molar-refractivity contribution in [2.75, 3.05) is 31.0 Å². The van der Waals surface area contributed by atoms with Crippen LogP contribution in [0.1, 0.15) is 24.2 Å². The van der Waals surface area contributed by atoms with Gasteiger partial charge < -0.3 is 23.8 Å². The summed E-state index contributed by atoms with van der Waals surface area (Å²) in [7, 11) is 0. The number of carbonyl (C=O) groups is 2. The fourth-order valence-corrected chi connectivity index (χ4v) is 2.91. The number of hydrogen-bond acceptors (Lipinski definition) is 5. The number of ether oxygens (including phenoxy) is 1. The largest absolute Gasteiger partial charge is 0.755 e. The lowest BCUT2D eigenvalue weighted by molar-refractivity contribution is 0.0423. The van der Waals surface area contributed by atoms with Crippen molar-refractivity contribution in [1.29, 1.82) is 0 Å². The van der Waals surface area contributed by atoms with E-state index < -0.39 is 11.3 Å². The fraction of sp³-hybridized carbons (Fsp3) is 0.467. The van der Waals surface area contributed by atoms with E-state index in [1.807, 2.05) is 6.92 Å². The Bertz CT molecular complexity index is 622. The molecule has 1 N–H and O–H groups in total. The number of hydrogen-bond donors (Lipinski definition) is 1. The first-order valence-corrected chi connectivity index (χ1v) is 8.68. The van der Waals surface area contributed by atoms with E-state index >= 15 is 0 Å². The van der Waals surface area contributed by atoms with Crippen molar-refractivity contribution in [2.45, 2.75) is 19.9 Å². The summed E-state index contributed by atoms with van der Waals surface area (Å²) in [5.74, 6) is -0.152. The topological polar surface area (TPSA) is 102 Å². The Kier molecular flexibility index (Phi) is 6.16. The molecule has 1 aliphatic heterocycles. The van der Waals surface area contributed by atoms with Gasteiger partial charge in [-0.25, -0.2) is 4.79 Å². The first-order chi connectivity index (χ1) is 11.4. The molecule has 0 spiro atoms. The van der Waals surface area contributed by atoms with Crippen LogP contribution >= 0.6 is 0 Å². The van der Waals surface area contributed by atoms with Gasteiger partial charge in [-0.05, 0) is 38.1 Å². The average molecular weight is 354 g/mol. The van der Waals surface area contributed by atoms with E-state index in [9.17, 15) is 18.4 Å². The standard InChI is InChI=1S/C15H21N3O5S/c1-3-23-15(20)17-8-9-18(11(2)10-17)14(19)12-4-6-13(7-5-12)16-24(21)22/h4-7,11,16H,3,8-10H2,1-2H3,(H,21,22)/p-1. The molecule has 1 fully saturated rings. The minimum absolute atomic E-state index is 0.136. The molecule has 8 nitrogen and oxygen atoms in total. The molecule has 0 bridgehead atoms. The molecule has 1 saturated heterocycles. The lowest BCUT2D eigenvalue weighted by atomic mass is 10.1. The maximum Gasteiger partial charge on any atom is 0.409 e. The normalized spacial score (nSPS) is 18.9. The Labute approximate surface area is 143 Å². The lowest BCUT2D eigenvalue weighted by Gasteiger charge is -2.39. The first kappa shape index (κ1) is 18.2. The van der Waals surface area contributed by atoms with E-state index in [1.165, 1.54) is 12.1 Å². The van der Waals surface area contributed by atoms with Crippen LogP contribution in [0.3, 0.4) is 0 Å². The van der Waals surface area contributed by atoms with Crippen molar-refractivity contribution >= 4 is 29.0 Å². The number of anilines is 1. The van der Waals surface area contributed by atoms with Crippen LogP contribution < -0.4 is 4.72 Å². The third-order valence-corrected chi connectivity index (χ3v) is 4.15. The summed E-state index contributed by atoms with van der Waals surface area (Å²) in [6.45, 7) is 5.20. The van der Waals surface area contributed by atoms with E-state index in [4.69, 9.17) is 4.74 Å². The molecule has 1 aromatic carbocycles. The summed E-state index contributed by atoms with van der Waals surface area (Å²) in [5, 5.41) is 0. The number of piperazine rings is 1. The minimum atomic E-state index is -2.40. The Morgan fingerprint density at radius 1 is 1.33 bits per heavy atom. The highest BCUT2D eigenvalue weighted by Crippen LogP contribution is 2.17. The summed E-state index contributed by atoms with van der Waals surface area (Å²) in [4.78, 5) is 27.6. The zero-order valence-corrected chi connectivity index (χ0v) is 14.4. The SMILES string of the molecule is CCOC(=O)N1CCN(C(=O)c2ccc(NS(=O)[O-])cc2)C(C)C1. The third kappa shape index (κ3) is 4.45. The maximum absolute atomic E-state index is 12.6. The summed E-state index contributed by atoms with van der Waals surface area (Å²) in [6, 6.07) is 6.07. The smallest absolute Gasteiger partial charge is 0.409 e. The highest BCUT2D eigenvalue weighted by atomic mass is 32.2. The second-order valence-electron chi connectivity index (χ2n) is 5.41. The van der Waals surface area contributed by atoms with Gasteiger partial charge >= 0.3 is 6.09 Å². The molecule has 0 saturated carbocycles. The molecule has 0 aliphatic carbocycles. The van der Waals surface area contributed by atoms with Crippen molar-refractivity contribution < 1.29 is 23.1 Å². The Hall–Kier alpha value is -2.13. The quantitative estimate of drug-likeness (QED) is 0.819. The average Bonchev–Trinajstić information content (AvgIpc) is 2.54. The predicted molar refractivity (Wildman–Crippen MR) is 88.1 cm³/mol. The molecular formula is C15H20N3O5S-. The Morgan fingerprint density at radius 2 is 2.00 bits per heavy atom. The number of benzene rings is 1. The second-order valence-corrected chi connectivity index (χ2v) is 6.08. The number of rotatable bonds is 4. The Morgan fingerprint density at radius 3 is 2.54 bits per heavy atom. The van der Waals surface area contributed by atoms with Crippen LogP contribution in [0.2, 0.25) is 0 Å².